The second-order valence-electron chi connectivity index (χ2n) is 5.94. The summed E-state index contributed by atoms with van der Waals surface area (Å²) in [5.41, 5.74) is 1.10. The molecule has 0 spiro atoms. The van der Waals surface area contributed by atoms with Gasteiger partial charge in [-0.05, 0) is 17.0 Å². The van der Waals surface area contributed by atoms with E-state index in [0.29, 0.717) is 11.4 Å². The summed E-state index contributed by atoms with van der Waals surface area (Å²) < 4.78 is 0. The first-order chi connectivity index (χ1) is 11.1. The van der Waals surface area contributed by atoms with Gasteiger partial charge in [0.25, 0.3) is 5.91 Å². The maximum absolute atomic E-state index is 12.4. The van der Waals surface area contributed by atoms with E-state index in [1.54, 1.807) is 17.5 Å². The quantitative estimate of drug-likeness (QED) is 0.737. The lowest BCUT2D eigenvalue weighted by Gasteiger charge is -2.25. The number of amides is 1. The standard InChI is InChI=1S/C18H18N2OS2/c1-18(2,13-7-4-3-5-8-13)12-20-16(21)15-11-19-17(23-15)14-9-6-10-22-14/h3-11H,12H2,1-2H3,(H,20,21). The molecule has 0 bridgehead atoms. The lowest BCUT2D eigenvalue weighted by atomic mass is 9.84. The summed E-state index contributed by atoms with van der Waals surface area (Å²) in [6.45, 7) is 4.85. The van der Waals surface area contributed by atoms with E-state index >= 15 is 0 Å². The number of carbonyl (C=O) groups is 1. The van der Waals surface area contributed by atoms with Gasteiger partial charge in [0.05, 0.1) is 11.1 Å². The number of hydrogen-bond donors (Lipinski definition) is 1. The topological polar surface area (TPSA) is 42.0 Å². The summed E-state index contributed by atoms with van der Waals surface area (Å²) >= 11 is 3.06. The van der Waals surface area contributed by atoms with E-state index < -0.39 is 0 Å². The second kappa shape index (κ2) is 6.64. The summed E-state index contributed by atoms with van der Waals surface area (Å²) in [6.07, 6.45) is 1.66. The van der Waals surface area contributed by atoms with Crippen molar-refractivity contribution in [3.8, 4) is 9.88 Å². The molecule has 0 aliphatic carbocycles. The van der Waals surface area contributed by atoms with E-state index in [9.17, 15) is 4.79 Å². The molecule has 118 valence electrons. The van der Waals surface area contributed by atoms with Gasteiger partial charge in [-0.3, -0.25) is 4.79 Å². The average Bonchev–Trinajstić information content (AvgIpc) is 3.24. The Labute approximate surface area is 144 Å². The zero-order valence-corrected chi connectivity index (χ0v) is 14.7. The molecule has 0 aliphatic rings. The van der Waals surface area contributed by atoms with Crippen LogP contribution in [0.5, 0.6) is 0 Å². The first-order valence-corrected chi connectivity index (χ1v) is 9.09. The molecule has 0 radical (unpaired) electrons. The summed E-state index contributed by atoms with van der Waals surface area (Å²) in [5, 5.41) is 5.94. The molecule has 0 unspecified atom stereocenters. The van der Waals surface area contributed by atoms with Crippen LogP contribution in [0.1, 0.15) is 29.1 Å². The highest BCUT2D eigenvalue weighted by molar-refractivity contribution is 7.21. The first-order valence-electron chi connectivity index (χ1n) is 7.40. The van der Waals surface area contributed by atoms with Crippen LogP contribution in [0, 0.1) is 0 Å². The summed E-state index contributed by atoms with van der Waals surface area (Å²) in [6, 6.07) is 14.2. The van der Waals surface area contributed by atoms with Crippen molar-refractivity contribution in [2.45, 2.75) is 19.3 Å². The molecule has 1 N–H and O–H groups in total. The van der Waals surface area contributed by atoms with Crippen molar-refractivity contribution in [2.24, 2.45) is 0 Å². The lowest BCUT2D eigenvalue weighted by molar-refractivity contribution is 0.0949. The lowest BCUT2D eigenvalue weighted by Crippen LogP contribution is -2.36. The Balaban J connectivity index is 1.66. The van der Waals surface area contributed by atoms with Gasteiger partial charge in [-0.25, -0.2) is 4.98 Å². The molecule has 0 atom stereocenters. The smallest absolute Gasteiger partial charge is 0.263 e. The minimum absolute atomic E-state index is 0.0608. The fourth-order valence-corrected chi connectivity index (χ4v) is 3.91. The van der Waals surface area contributed by atoms with Gasteiger partial charge in [0, 0.05) is 12.0 Å². The van der Waals surface area contributed by atoms with Crippen molar-refractivity contribution < 1.29 is 4.79 Å². The van der Waals surface area contributed by atoms with E-state index in [2.05, 4.69) is 36.3 Å². The van der Waals surface area contributed by atoms with Gasteiger partial charge in [-0.15, -0.1) is 22.7 Å². The molecule has 23 heavy (non-hydrogen) atoms. The summed E-state index contributed by atoms with van der Waals surface area (Å²) in [7, 11) is 0. The summed E-state index contributed by atoms with van der Waals surface area (Å²) in [5.74, 6) is -0.0608. The van der Waals surface area contributed by atoms with E-state index in [0.717, 1.165) is 9.88 Å². The van der Waals surface area contributed by atoms with Crippen LogP contribution in [0.15, 0.2) is 54.0 Å². The number of hydrogen-bond acceptors (Lipinski definition) is 4. The number of benzene rings is 1. The monoisotopic (exact) mass is 342 g/mol. The van der Waals surface area contributed by atoms with Crippen LogP contribution in [0.2, 0.25) is 0 Å². The number of thiazole rings is 1. The maximum Gasteiger partial charge on any atom is 0.263 e. The second-order valence-corrected chi connectivity index (χ2v) is 7.92. The molecule has 0 aliphatic heterocycles. The average molecular weight is 342 g/mol. The molecule has 0 saturated carbocycles. The SMILES string of the molecule is CC(C)(CNC(=O)c1cnc(-c2cccs2)s1)c1ccccc1. The first kappa shape index (κ1) is 15.9. The Morgan fingerprint density at radius 2 is 1.96 bits per heavy atom. The van der Waals surface area contributed by atoms with Gasteiger partial charge in [0.1, 0.15) is 9.88 Å². The Bertz CT molecular complexity index is 776. The van der Waals surface area contributed by atoms with Crippen molar-refractivity contribution in [3.05, 3.63) is 64.5 Å². The van der Waals surface area contributed by atoms with Crippen LogP contribution in [0.3, 0.4) is 0 Å². The third kappa shape index (κ3) is 3.68. The molecule has 2 aromatic heterocycles. The third-order valence-electron chi connectivity index (χ3n) is 3.71. The Kier molecular flexibility index (Phi) is 4.59. The number of nitrogens with one attached hydrogen (secondary N) is 1. The number of rotatable bonds is 5. The van der Waals surface area contributed by atoms with Gasteiger partial charge in [0.15, 0.2) is 0 Å². The van der Waals surface area contributed by atoms with Crippen LogP contribution in [-0.4, -0.2) is 17.4 Å². The van der Waals surface area contributed by atoms with Crippen LogP contribution in [0.4, 0.5) is 0 Å². The highest BCUT2D eigenvalue weighted by Gasteiger charge is 2.22. The largest absolute Gasteiger partial charge is 0.350 e. The van der Waals surface area contributed by atoms with E-state index in [-0.39, 0.29) is 11.3 Å². The van der Waals surface area contributed by atoms with Gasteiger partial charge < -0.3 is 5.32 Å². The molecule has 3 aromatic rings. The van der Waals surface area contributed by atoms with Crippen molar-refractivity contribution in [1.82, 2.24) is 10.3 Å². The predicted octanol–water partition coefficient (Wildman–Crippen LogP) is 4.58. The third-order valence-corrected chi connectivity index (χ3v) is 5.74. The van der Waals surface area contributed by atoms with Crippen LogP contribution >= 0.6 is 22.7 Å². The highest BCUT2D eigenvalue weighted by Crippen LogP contribution is 2.29. The van der Waals surface area contributed by atoms with E-state index in [1.807, 2.05) is 35.7 Å². The molecule has 2 heterocycles. The van der Waals surface area contributed by atoms with E-state index in [1.165, 1.54) is 16.9 Å². The summed E-state index contributed by atoms with van der Waals surface area (Å²) in [4.78, 5) is 18.5. The zero-order valence-electron chi connectivity index (χ0n) is 13.1. The predicted molar refractivity (Wildman–Crippen MR) is 97.2 cm³/mol. The number of thiophene rings is 1. The Morgan fingerprint density at radius 1 is 1.17 bits per heavy atom. The van der Waals surface area contributed by atoms with Crippen molar-refractivity contribution >= 4 is 28.6 Å². The molecule has 0 saturated heterocycles. The fraction of sp³-hybridized carbons (Fsp3) is 0.222. The van der Waals surface area contributed by atoms with Crippen LogP contribution in [0.25, 0.3) is 9.88 Å². The molecular formula is C18H18N2OS2. The van der Waals surface area contributed by atoms with Gasteiger partial charge >= 0.3 is 0 Å². The van der Waals surface area contributed by atoms with Crippen molar-refractivity contribution in [1.29, 1.82) is 0 Å². The molecule has 0 fully saturated rings. The molecule has 3 nitrogen and oxygen atoms in total. The minimum Gasteiger partial charge on any atom is -0.350 e. The Hall–Kier alpha value is -1.98. The minimum atomic E-state index is -0.113. The Morgan fingerprint density at radius 3 is 2.65 bits per heavy atom. The van der Waals surface area contributed by atoms with Crippen molar-refractivity contribution in [2.75, 3.05) is 6.54 Å². The molecule has 1 amide bonds. The van der Waals surface area contributed by atoms with Crippen LogP contribution < -0.4 is 5.32 Å². The van der Waals surface area contributed by atoms with Gasteiger partial charge in [-0.2, -0.15) is 0 Å². The molecule has 5 heteroatoms. The van der Waals surface area contributed by atoms with E-state index in [4.69, 9.17) is 0 Å². The van der Waals surface area contributed by atoms with Gasteiger partial charge in [-0.1, -0.05) is 50.2 Å². The maximum atomic E-state index is 12.4. The zero-order chi connectivity index (χ0) is 16.3. The molecule has 3 rings (SSSR count). The van der Waals surface area contributed by atoms with Crippen LogP contribution in [-0.2, 0) is 5.41 Å². The fourth-order valence-electron chi connectivity index (χ4n) is 2.27. The highest BCUT2D eigenvalue weighted by atomic mass is 32.1. The van der Waals surface area contributed by atoms with Crippen molar-refractivity contribution in [3.63, 3.8) is 0 Å². The molecular weight excluding hydrogens is 324 g/mol. The number of carbonyl (C=O) groups excluding carboxylic acids is 1. The number of nitrogens with zero attached hydrogens (tertiary/aromatic N) is 1. The normalized spacial score (nSPS) is 11.4. The van der Waals surface area contributed by atoms with Gasteiger partial charge in [0.2, 0.25) is 0 Å². The molecule has 1 aromatic carbocycles. The number of aromatic nitrogens is 1.